The Bertz CT molecular complexity index is 989. The van der Waals surface area contributed by atoms with Gasteiger partial charge >= 0.3 is 0 Å². The minimum Gasteiger partial charge on any atom is -0.336 e. The number of aromatic nitrogens is 5. The molecule has 0 aliphatic carbocycles. The van der Waals surface area contributed by atoms with Crippen LogP contribution in [0.15, 0.2) is 48.9 Å². The summed E-state index contributed by atoms with van der Waals surface area (Å²) in [5, 5.41) is 14.1. The van der Waals surface area contributed by atoms with E-state index in [0.717, 1.165) is 16.9 Å². The number of nitrogens with one attached hydrogen (secondary N) is 1. The molecule has 1 unspecified atom stereocenters. The molecule has 2 amide bonds. The van der Waals surface area contributed by atoms with Crippen LogP contribution in [-0.2, 0) is 16.1 Å². The van der Waals surface area contributed by atoms with Crippen molar-refractivity contribution in [2.24, 2.45) is 5.92 Å². The van der Waals surface area contributed by atoms with E-state index in [1.54, 1.807) is 15.8 Å². The van der Waals surface area contributed by atoms with Gasteiger partial charge in [0.15, 0.2) is 0 Å². The van der Waals surface area contributed by atoms with Gasteiger partial charge in [0.05, 0.1) is 23.8 Å². The number of aryl methyl sites for hydroxylation is 1. The average molecular weight is 377 g/mol. The topological polar surface area (TPSA) is 106 Å². The number of carbonyl (C=O) groups is 2. The van der Waals surface area contributed by atoms with Crippen LogP contribution in [0.5, 0.6) is 0 Å². The highest BCUT2D eigenvalue weighted by molar-refractivity contribution is 5.97. The molecule has 1 aromatic carbocycles. The average Bonchev–Trinajstić information content (AvgIpc) is 3.35. The molecule has 1 saturated heterocycles. The fourth-order valence-corrected chi connectivity index (χ4v) is 3.24. The fraction of sp³-hybridized carbons (Fsp3) is 0.263. The number of hydrogen-bond acceptors (Lipinski definition) is 6. The van der Waals surface area contributed by atoms with Crippen molar-refractivity contribution < 1.29 is 9.59 Å². The Morgan fingerprint density at radius 2 is 2.18 bits per heavy atom. The van der Waals surface area contributed by atoms with Gasteiger partial charge in [-0.1, -0.05) is 12.1 Å². The lowest BCUT2D eigenvalue weighted by Gasteiger charge is -2.16. The minimum absolute atomic E-state index is 0.0379. The molecule has 9 heteroatoms. The van der Waals surface area contributed by atoms with Crippen molar-refractivity contribution in [3.63, 3.8) is 0 Å². The summed E-state index contributed by atoms with van der Waals surface area (Å²) >= 11 is 0. The van der Waals surface area contributed by atoms with Crippen molar-refractivity contribution in [3.05, 3.63) is 60.2 Å². The summed E-state index contributed by atoms with van der Waals surface area (Å²) in [5.41, 5.74) is 3.20. The highest BCUT2D eigenvalue weighted by Gasteiger charge is 2.34. The highest BCUT2D eigenvalue weighted by atomic mass is 16.2. The number of hydrogen-bond donors (Lipinski definition) is 1. The van der Waals surface area contributed by atoms with E-state index in [4.69, 9.17) is 0 Å². The summed E-state index contributed by atoms with van der Waals surface area (Å²) in [6.45, 7) is 2.73. The van der Waals surface area contributed by atoms with E-state index in [2.05, 4.69) is 25.8 Å². The summed E-state index contributed by atoms with van der Waals surface area (Å²) < 4.78 is 1.54. The maximum Gasteiger partial charge on any atom is 0.229 e. The maximum atomic E-state index is 12.7. The van der Waals surface area contributed by atoms with Gasteiger partial charge < -0.3 is 10.2 Å². The highest BCUT2D eigenvalue weighted by Crippen LogP contribution is 2.23. The molecule has 0 bridgehead atoms. The van der Waals surface area contributed by atoms with E-state index in [0.29, 0.717) is 18.8 Å². The Morgan fingerprint density at radius 1 is 1.29 bits per heavy atom. The molecule has 2 aromatic heterocycles. The molecular weight excluding hydrogens is 358 g/mol. The molecule has 4 rings (SSSR count). The molecule has 0 radical (unpaired) electrons. The molecule has 1 aliphatic heterocycles. The first-order valence-corrected chi connectivity index (χ1v) is 8.93. The predicted molar refractivity (Wildman–Crippen MR) is 100 cm³/mol. The van der Waals surface area contributed by atoms with Crippen LogP contribution < -0.4 is 5.32 Å². The van der Waals surface area contributed by atoms with Crippen LogP contribution >= 0.6 is 0 Å². The van der Waals surface area contributed by atoms with Gasteiger partial charge in [0.2, 0.25) is 11.8 Å². The molecule has 1 atom stereocenters. The van der Waals surface area contributed by atoms with E-state index < -0.39 is 5.92 Å². The van der Waals surface area contributed by atoms with Crippen molar-refractivity contribution in [1.82, 2.24) is 30.1 Å². The monoisotopic (exact) mass is 377 g/mol. The first-order valence-electron chi connectivity index (χ1n) is 8.93. The number of tetrazole rings is 1. The normalized spacial score (nSPS) is 16.4. The number of benzene rings is 1. The van der Waals surface area contributed by atoms with Gasteiger partial charge in [-0.25, -0.2) is 4.68 Å². The number of rotatable bonds is 5. The Morgan fingerprint density at radius 3 is 2.93 bits per heavy atom. The van der Waals surface area contributed by atoms with Crippen molar-refractivity contribution >= 4 is 17.5 Å². The van der Waals surface area contributed by atoms with E-state index >= 15 is 0 Å². The van der Waals surface area contributed by atoms with Gasteiger partial charge in [0.1, 0.15) is 6.33 Å². The van der Waals surface area contributed by atoms with Crippen LogP contribution in [0.4, 0.5) is 5.69 Å². The van der Waals surface area contributed by atoms with E-state index in [-0.39, 0.29) is 18.2 Å². The van der Waals surface area contributed by atoms with Gasteiger partial charge in [-0.2, -0.15) is 0 Å². The zero-order chi connectivity index (χ0) is 19.5. The molecular formula is C19H19N7O2. The smallest absolute Gasteiger partial charge is 0.229 e. The third-order valence-electron chi connectivity index (χ3n) is 4.74. The van der Waals surface area contributed by atoms with Crippen molar-refractivity contribution in [2.75, 3.05) is 11.9 Å². The van der Waals surface area contributed by atoms with E-state index in [1.807, 2.05) is 43.3 Å². The summed E-state index contributed by atoms with van der Waals surface area (Å²) in [4.78, 5) is 30.9. The van der Waals surface area contributed by atoms with Gasteiger partial charge in [-0.05, 0) is 47.2 Å². The molecule has 28 heavy (non-hydrogen) atoms. The lowest BCUT2D eigenvalue weighted by atomic mass is 10.1. The molecule has 0 spiro atoms. The zero-order valence-corrected chi connectivity index (χ0v) is 15.3. The van der Waals surface area contributed by atoms with Crippen LogP contribution in [0, 0.1) is 12.8 Å². The number of nitrogens with zero attached hydrogens (tertiary/aromatic N) is 6. The first-order chi connectivity index (χ1) is 13.6. The number of likely N-dealkylation sites (tertiary alicyclic amines) is 1. The molecule has 0 saturated carbocycles. The summed E-state index contributed by atoms with van der Waals surface area (Å²) in [6.07, 6.45) is 3.39. The molecule has 3 aromatic rings. The summed E-state index contributed by atoms with van der Waals surface area (Å²) in [7, 11) is 0. The number of carbonyl (C=O) groups excluding carboxylic acids is 2. The predicted octanol–water partition coefficient (Wildman–Crippen LogP) is 1.35. The zero-order valence-electron chi connectivity index (χ0n) is 15.3. The summed E-state index contributed by atoms with van der Waals surface area (Å²) in [6, 6.07) is 11.1. The maximum absolute atomic E-state index is 12.7. The van der Waals surface area contributed by atoms with Crippen molar-refractivity contribution in [2.45, 2.75) is 19.9 Å². The molecule has 9 nitrogen and oxygen atoms in total. The van der Waals surface area contributed by atoms with Crippen molar-refractivity contribution in [3.8, 4) is 5.69 Å². The second-order valence-corrected chi connectivity index (χ2v) is 6.74. The van der Waals surface area contributed by atoms with Crippen LogP contribution in [0.1, 0.15) is 17.7 Å². The van der Waals surface area contributed by atoms with Crippen molar-refractivity contribution in [1.29, 1.82) is 0 Å². The van der Waals surface area contributed by atoms with Gasteiger partial charge in [0, 0.05) is 24.8 Å². The molecule has 142 valence electrons. The van der Waals surface area contributed by atoms with Gasteiger partial charge in [0.25, 0.3) is 0 Å². The lowest BCUT2D eigenvalue weighted by molar-refractivity contribution is -0.128. The minimum atomic E-state index is -0.394. The third kappa shape index (κ3) is 3.73. The largest absolute Gasteiger partial charge is 0.336 e. The second kappa shape index (κ2) is 7.55. The van der Waals surface area contributed by atoms with Crippen LogP contribution in [-0.4, -0.2) is 48.5 Å². The quantitative estimate of drug-likeness (QED) is 0.719. The number of anilines is 1. The molecule has 1 N–H and O–H groups in total. The standard InChI is InChI=1S/C19H19N7O2/c1-13-5-6-15(9-17(13)26-12-21-23-24-26)22-19(28)14-8-18(27)25(10-14)11-16-4-2-3-7-20-16/h2-7,9,12,14H,8,10-11H2,1H3,(H,22,28). The third-order valence-corrected chi connectivity index (χ3v) is 4.74. The first kappa shape index (κ1) is 17.8. The number of pyridine rings is 1. The van der Waals surface area contributed by atoms with Crippen LogP contribution in [0.2, 0.25) is 0 Å². The Hall–Kier alpha value is -3.62. The SMILES string of the molecule is Cc1ccc(NC(=O)C2CC(=O)N(Cc3ccccn3)C2)cc1-n1cnnn1. The Balaban J connectivity index is 1.43. The molecule has 1 aliphatic rings. The van der Waals surface area contributed by atoms with Gasteiger partial charge in [-0.15, -0.1) is 5.10 Å². The lowest BCUT2D eigenvalue weighted by Crippen LogP contribution is -2.28. The van der Waals surface area contributed by atoms with Crippen LogP contribution in [0.25, 0.3) is 5.69 Å². The summed E-state index contributed by atoms with van der Waals surface area (Å²) in [5.74, 6) is -0.610. The number of amides is 2. The Kier molecular flexibility index (Phi) is 4.79. The second-order valence-electron chi connectivity index (χ2n) is 6.74. The fourth-order valence-electron chi connectivity index (χ4n) is 3.24. The van der Waals surface area contributed by atoms with E-state index in [9.17, 15) is 9.59 Å². The van der Waals surface area contributed by atoms with Gasteiger partial charge in [-0.3, -0.25) is 14.6 Å². The van der Waals surface area contributed by atoms with Crippen LogP contribution in [0.3, 0.4) is 0 Å². The molecule has 1 fully saturated rings. The Labute approximate surface area is 161 Å². The molecule has 3 heterocycles. The van der Waals surface area contributed by atoms with E-state index in [1.165, 1.54) is 6.33 Å².